The van der Waals surface area contributed by atoms with Crippen LogP contribution in [0.5, 0.6) is 5.75 Å². The lowest BCUT2D eigenvalue weighted by atomic mass is 10.0. The Labute approximate surface area is 76.5 Å². The Morgan fingerprint density at radius 2 is 2.00 bits per heavy atom. The average Bonchev–Trinajstić information content (AvgIpc) is 2.70. The molecule has 0 spiro atoms. The molecule has 0 bridgehead atoms. The van der Waals surface area contributed by atoms with E-state index in [0.717, 1.165) is 30.8 Å². The fourth-order valence-electron chi connectivity index (χ4n) is 2.26. The maximum absolute atomic E-state index is 11.4. The first kappa shape index (κ1) is 7.13. The van der Waals surface area contributed by atoms with Crippen molar-refractivity contribution in [2.24, 2.45) is 0 Å². The molecule has 13 heavy (non-hydrogen) atoms. The summed E-state index contributed by atoms with van der Waals surface area (Å²) >= 11 is 0. The van der Waals surface area contributed by atoms with Crippen molar-refractivity contribution >= 4 is 5.78 Å². The van der Waals surface area contributed by atoms with Gasteiger partial charge in [0.25, 0.3) is 0 Å². The van der Waals surface area contributed by atoms with Gasteiger partial charge in [0.15, 0.2) is 5.78 Å². The molecule has 0 N–H and O–H groups in total. The summed E-state index contributed by atoms with van der Waals surface area (Å²) in [7, 11) is 0. The van der Waals surface area contributed by atoms with E-state index in [-0.39, 0.29) is 0 Å². The van der Waals surface area contributed by atoms with E-state index in [4.69, 9.17) is 4.74 Å². The van der Waals surface area contributed by atoms with Gasteiger partial charge in [-0.3, -0.25) is 4.79 Å². The van der Waals surface area contributed by atoms with Crippen LogP contribution in [0.4, 0.5) is 0 Å². The van der Waals surface area contributed by atoms with Crippen LogP contribution in [0, 0.1) is 0 Å². The molecular weight excluding hydrogens is 164 g/mol. The van der Waals surface area contributed by atoms with Gasteiger partial charge in [0.2, 0.25) is 0 Å². The van der Waals surface area contributed by atoms with Gasteiger partial charge in [-0.2, -0.15) is 0 Å². The predicted molar refractivity (Wildman–Crippen MR) is 48.3 cm³/mol. The Morgan fingerprint density at radius 1 is 1.08 bits per heavy atom. The predicted octanol–water partition coefficient (Wildman–Crippen LogP) is 1.75. The molecule has 2 nitrogen and oxygen atoms in total. The molecule has 0 unspecified atom stereocenters. The number of rotatable bonds is 0. The van der Waals surface area contributed by atoms with Gasteiger partial charge in [-0.25, -0.2) is 0 Å². The summed E-state index contributed by atoms with van der Waals surface area (Å²) < 4.78 is 5.45. The van der Waals surface area contributed by atoms with Crippen molar-refractivity contribution in [2.75, 3.05) is 6.61 Å². The second kappa shape index (κ2) is 2.34. The molecule has 0 saturated carbocycles. The van der Waals surface area contributed by atoms with Gasteiger partial charge >= 0.3 is 0 Å². The monoisotopic (exact) mass is 174 g/mol. The van der Waals surface area contributed by atoms with Gasteiger partial charge in [0.05, 0.1) is 6.61 Å². The van der Waals surface area contributed by atoms with Crippen LogP contribution >= 0.6 is 0 Å². The molecule has 1 heterocycles. The van der Waals surface area contributed by atoms with Gasteiger partial charge in [-0.1, -0.05) is 0 Å². The number of ether oxygens (including phenoxy) is 1. The Bertz CT molecular complexity index is 393. The third-order valence-electron chi connectivity index (χ3n) is 2.90. The van der Waals surface area contributed by atoms with E-state index >= 15 is 0 Å². The summed E-state index contributed by atoms with van der Waals surface area (Å²) in [5, 5.41) is 0. The Hall–Kier alpha value is -1.31. The summed E-state index contributed by atoms with van der Waals surface area (Å²) in [5.74, 6) is 1.29. The fraction of sp³-hybridized carbons (Fsp3) is 0.364. The summed E-state index contributed by atoms with van der Waals surface area (Å²) in [6.45, 7) is 0.778. The number of hydrogen-bond acceptors (Lipinski definition) is 2. The average molecular weight is 174 g/mol. The van der Waals surface area contributed by atoms with Crippen LogP contribution in [0.2, 0.25) is 0 Å². The minimum atomic E-state index is 0.296. The minimum absolute atomic E-state index is 0.296. The number of carbonyl (C=O) groups is 1. The second-order valence-electron chi connectivity index (χ2n) is 3.59. The molecule has 0 amide bonds. The topological polar surface area (TPSA) is 26.3 Å². The lowest BCUT2D eigenvalue weighted by Crippen LogP contribution is -1.92. The second-order valence-corrected chi connectivity index (χ2v) is 3.59. The first-order valence-corrected chi connectivity index (χ1v) is 4.67. The van der Waals surface area contributed by atoms with E-state index in [9.17, 15) is 4.79 Å². The van der Waals surface area contributed by atoms with E-state index in [1.165, 1.54) is 11.1 Å². The van der Waals surface area contributed by atoms with Crippen LogP contribution < -0.4 is 4.74 Å². The molecule has 1 aromatic carbocycles. The number of benzene rings is 1. The molecule has 0 atom stereocenters. The van der Waals surface area contributed by atoms with Crippen molar-refractivity contribution in [2.45, 2.75) is 19.3 Å². The van der Waals surface area contributed by atoms with Crippen LogP contribution in [-0.4, -0.2) is 12.4 Å². The highest BCUT2D eigenvalue weighted by molar-refractivity contribution is 6.01. The van der Waals surface area contributed by atoms with Crippen molar-refractivity contribution < 1.29 is 9.53 Å². The summed E-state index contributed by atoms with van der Waals surface area (Å²) in [4.78, 5) is 11.4. The zero-order chi connectivity index (χ0) is 8.84. The normalized spacial score (nSPS) is 18.3. The molecule has 1 aliphatic carbocycles. The van der Waals surface area contributed by atoms with Crippen LogP contribution in [0.3, 0.4) is 0 Å². The first-order valence-electron chi connectivity index (χ1n) is 4.67. The molecule has 66 valence electrons. The SMILES string of the molecule is O=C1CCc2c1ccc1c2CCO1. The van der Waals surface area contributed by atoms with Gasteiger partial charge < -0.3 is 4.74 Å². The Morgan fingerprint density at radius 3 is 2.92 bits per heavy atom. The Kier molecular flexibility index (Phi) is 1.29. The molecule has 2 aliphatic rings. The van der Waals surface area contributed by atoms with E-state index in [0.29, 0.717) is 12.2 Å². The lowest BCUT2D eigenvalue weighted by molar-refractivity contribution is 0.0994. The van der Waals surface area contributed by atoms with Gasteiger partial charge in [0.1, 0.15) is 5.75 Å². The Balaban J connectivity index is 2.26. The number of fused-ring (bicyclic) bond motifs is 3. The summed E-state index contributed by atoms with van der Waals surface area (Å²) in [6, 6.07) is 3.85. The van der Waals surface area contributed by atoms with Gasteiger partial charge in [-0.15, -0.1) is 0 Å². The first-order chi connectivity index (χ1) is 6.36. The molecule has 1 aliphatic heterocycles. The fourth-order valence-corrected chi connectivity index (χ4v) is 2.26. The molecule has 0 saturated heterocycles. The highest BCUT2D eigenvalue weighted by Crippen LogP contribution is 2.35. The van der Waals surface area contributed by atoms with Gasteiger partial charge in [0, 0.05) is 24.0 Å². The molecule has 3 rings (SSSR count). The van der Waals surface area contributed by atoms with Crippen LogP contribution in [0.15, 0.2) is 12.1 Å². The maximum Gasteiger partial charge on any atom is 0.163 e. The number of carbonyl (C=O) groups excluding carboxylic acids is 1. The van der Waals surface area contributed by atoms with E-state index in [2.05, 4.69) is 0 Å². The molecule has 0 fully saturated rings. The molecular formula is C11H10O2. The number of hydrogen-bond donors (Lipinski definition) is 0. The van der Waals surface area contributed by atoms with Crippen LogP contribution in [0.1, 0.15) is 27.9 Å². The van der Waals surface area contributed by atoms with Crippen molar-refractivity contribution in [3.05, 3.63) is 28.8 Å². The van der Waals surface area contributed by atoms with Crippen LogP contribution in [-0.2, 0) is 12.8 Å². The largest absolute Gasteiger partial charge is 0.493 e. The van der Waals surface area contributed by atoms with E-state index < -0.39 is 0 Å². The van der Waals surface area contributed by atoms with E-state index in [1.807, 2.05) is 12.1 Å². The highest BCUT2D eigenvalue weighted by Gasteiger charge is 2.26. The third kappa shape index (κ3) is 0.857. The van der Waals surface area contributed by atoms with Crippen molar-refractivity contribution in [1.82, 2.24) is 0 Å². The quantitative estimate of drug-likeness (QED) is 0.599. The molecule has 2 heteroatoms. The van der Waals surface area contributed by atoms with Crippen molar-refractivity contribution in [3.63, 3.8) is 0 Å². The minimum Gasteiger partial charge on any atom is -0.493 e. The third-order valence-corrected chi connectivity index (χ3v) is 2.90. The highest BCUT2D eigenvalue weighted by atomic mass is 16.5. The van der Waals surface area contributed by atoms with Crippen molar-refractivity contribution in [1.29, 1.82) is 0 Å². The van der Waals surface area contributed by atoms with Gasteiger partial charge in [-0.05, 0) is 24.1 Å². The van der Waals surface area contributed by atoms with Crippen LogP contribution in [0.25, 0.3) is 0 Å². The maximum atomic E-state index is 11.4. The smallest absolute Gasteiger partial charge is 0.163 e. The summed E-state index contributed by atoms with van der Waals surface area (Å²) in [6.07, 6.45) is 2.58. The molecule has 0 aromatic heterocycles. The number of ketones is 1. The van der Waals surface area contributed by atoms with E-state index in [1.54, 1.807) is 0 Å². The lowest BCUT2D eigenvalue weighted by Gasteiger charge is -2.03. The molecule has 1 aromatic rings. The van der Waals surface area contributed by atoms with Crippen molar-refractivity contribution in [3.8, 4) is 5.75 Å². The zero-order valence-corrected chi connectivity index (χ0v) is 7.30. The molecule has 0 radical (unpaired) electrons. The standard InChI is InChI=1S/C11H10O2/c12-10-3-1-7-8(10)2-4-11-9(7)5-6-13-11/h2,4H,1,3,5-6H2. The summed E-state index contributed by atoms with van der Waals surface area (Å²) in [5.41, 5.74) is 3.47. The zero-order valence-electron chi connectivity index (χ0n) is 7.30. The number of Topliss-reactive ketones (excluding diaryl/α,β-unsaturated/α-hetero) is 1.